The molecule has 1 aliphatic rings. The first kappa shape index (κ1) is 22.8. The molecule has 1 atom stereocenters. The van der Waals surface area contributed by atoms with Gasteiger partial charge < -0.3 is 10.6 Å². The fourth-order valence-electron chi connectivity index (χ4n) is 3.88. The second-order valence-electron chi connectivity index (χ2n) is 7.72. The summed E-state index contributed by atoms with van der Waals surface area (Å²) in [6.45, 7) is 8.25. The van der Waals surface area contributed by atoms with Gasteiger partial charge in [0, 0.05) is 24.2 Å². The molecular formula is C22H32N4O2S2. The highest BCUT2D eigenvalue weighted by Gasteiger charge is 2.24. The van der Waals surface area contributed by atoms with E-state index in [2.05, 4.69) is 40.0 Å². The van der Waals surface area contributed by atoms with Gasteiger partial charge in [0.15, 0.2) is 15.8 Å². The molecule has 1 fully saturated rings. The minimum Gasteiger partial charge on any atom is -0.357 e. The van der Waals surface area contributed by atoms with Gasteiger partial charge in [-0.1, -0.05) is 18.2 Å². The number of nitrogens with one attached hydrogen (secondary N) is 2. The molecule has 0 spiro atoms. The molecule has 6 nitrogen and oxygen atoms in total. The summed E-state index contributed by atoms with van der Waals surface area (Å²) < 4.78 is 23.6. The zero-order valence-corrected chi connectivity index (χ0v) is 19.7. The van der Waals surface area contributed by atoms with Crippen LogP contribution >= 0.6 is 11.3 Å². The molecule has 0 radical (unpaired) electrons. The number of hydrogen-bond acceptors (Lipinski definition) is 5. The van der Waals surface area contributed by atoms with Crippen LogP contribution in [0.25, 0.3) is 0 Å². The Hall–Kier alpha value is -1.90. The second-order valence-corrected chi connectivity index (χ2v) is 10.7. The Morgan fingerprint density at radius 2 is 2.00 bits per heavy atom. The normalized spacial score (nSPS) is 16.6. The van der Waals surface area contributed by atoms with Crippen LogP contribution in [0.4, 0.5) is 0 Å². The lowest BCUT2D eigenvalue weighted by atomic mass is 10.1. The fraction of sp³-hybridized carbons (Fsp3) is 0.500. The zero-order valence-electron chi connectivity index (χ0n) is 18.0. The maximum Gasteiger partial charge on any atom is 0.191 e. The predicted molar refractivity (Wildman–Crippen MR) is 125 cm³/mol. The minimum absolute atomic E-state index is 0.354. The lowest BCUT2D eigenvalue weighted by molar-refractivity contribution is 0.249. The number of nitrogens with zero attached hydrogens (tertiary/aromatic N) is 2. The van der Waals surface area contributed by atoms with Crippen molar-refractivity contribution in [1.29, 1.82) is 0 Å². The van der Waals surface area contributed by atoms with Crippen LogP contribution in [0.5, 0.6) is 0 Å². The van der Waals surface area contributed by atoms with E-state index in [9.17, 15) is 8.42 Å². The molecule has 0 saturated carbocycles. The largest absolute Gasteiger partial charge is 0.357 e. The lowest BCUT2D eigenvalue weighted by Gasteiger charge is -2.27. The van der Waals surface area contributed by atoms with Crippen LogP contribution in [0.2, 0.25) is 0 Å². The third-order valence-electron chi connectivity index (χ3n) is 5.32. The summed E-state index contributed by atoms with van der Waals surface area (Å²) in [5, 5.41) is 8.98. The van der Waals surface area contributed by atoms with Crippen molar-refractivity contribution in [1.82, 2.24) is 15.5 Å². The topological polar surface area (TPSA) is 73.8 Å². The molecule has 1 unspecified atom stereocenters. The molecule has 0 bridgehead atoms. The van der Waals surface area contributed by atoms with Gasteiger partial charge in [-0.05, 0) is 68.4 Å². The highest BCUT2D eigenvalue weighted by atomic mass is 32.2. The van der Waals surface area contributed by atoms with Gasteiger partial charge in [-0.25, -0.2) is 13.4 Å². The van der Waals surface area contributed by atoms with Gasteiger partial charge in [-0.15, -0.1) is 11.3 Å². The molecule has 2 N–H and O–H groups in total. The van der Waals surface area contributed by atoms with Crippen LogP contribution in [-0.4, -0.2) is 51.7 Å². The molecule has 1 aromatic carbocycles. The van der Waals surface area contributed by atoms with Crippen LogP contribution in [0.3, 0.4) is 0 Å². The number of aliphatic imine (C=N–C) groups is 1. The van der Waals surface area contributed by atoms with E-state index in [0.717, 1.165) is 43.3 Å². The summed E-state index contributed by atoms with van der Waals surface area (Å²) in [6, 6.07) is 10.1. The van der Waals surface area contributed by atoms with E-state index in [0.29, 0.717) is 17.5 Å². The molecule has 0 aliphatic carbocycles. The van der Waals surface area contributed by atoms with Gasteiger partial charge in [0.2, 0.25) is 0 Å². The third-order valence-corrected chi connectivity index (χ3v) is 7.55. The number of benzene rings is 1. The van der Waals surface area contributed by atoms with Crippen molar-refractivity contribution in [2.24, 2.45) is 4.99 Å². The quantitative estimate of drug-likeness (QED) is 0.479. The SMILES string of the molecule is CCNC(=NCc1ccc(S(C)(=O)=O)c(C)c1)NCC(c1cccs1)N1CCCC1. The van der Waals surface area contributed by atoms with Crippen molar-refractivity contribution < 1.29 is 8.42 Å². The van der Waals surface area contributed by atoms with E-state index in [-0.39, 0.29) is 0 Å². The Bertz CT molecular complexity index is 950. The van der Waals surface area contributed by atoms with E-state index in [1.54, 1.807) is 17.4 Å². The first-order valence-corrected chi connectivity index (χ1v) is 13.2. The standard InChI is InChI=1S/C22H32N4O2S2/c1-4-23-22(24-15-18-9-10-21(17(2)14-18)30(3,27)28)25-16-19(20-8-7-13-29-20)26-11-5-6-12-26/h7-10,13-14,19H,4-6,11-12,15-16H2,1-3H3,(H2,23,24,25). The molecule has 30 heavy (non-hydrogen) atoms. The minimum atomic E-state index is -3.20. The Morgan fingerprint density at radius 1 is 1.23 bits per heavy atom. The second kappa shape index (κ2) is 10.4. The van der Waals surface area contributed by atoms with Gasteiger partial charge >= 0.3 is 0 Å². The molecule has 164 valence electrons. The molecule has 2 heterocycles. The summed E-state index contributed by atoms with van der Waals surface area (Å²) in [4.78, 5) is 9.04. The number of guanidine groups is 1. The highest BCUT2D eigenvalue weighted by Crippen LogP contribution is 2.27. The van der Waals surface area contributed by atoms with E-state index < -0.39 is 9.84 Å². The monoisotopic (exact) mass is 448 g/mol. The summed E-state index contributed by atoms with van der Waals surface area (Å²) in [5.41, 5.74) is 1.75. The van der Waals surface area contributed by atoms with E-state index in [1.807, 2.05) is 19.1 Å². The summed E-state index contributed by atoms with van der Waals surface area (Å²) in [6.07, 6.45) is 3.77. The zero-order chi connectivity index (χ0) is 21.6. The molecule has 1 aliphatic heterocycles. The Morgan fingerprint density at radius 3 is 2.60 bits per heavy atom. The van der Waals surface area contributed by atoms with Gasteiger partial charge in [0.25, 0.3) is 0 Å². The van der Waals surface area contributed by atoms with Gasteiger partial charge in [0.1, 0.15) is 0 Å². The predicted octanol–water partition coefficient (Wildman–Crippen LogP) is 3.35. The fourth-order valence-corrected chi connectivity index (χ4v) is 5.70. The molecule has 2 aromatic rings. The first-order chi connectivity index (χ1) is 14.4. The molecule has 3 rings (SSSR count). The smallest absolute Gasteiger partial charge is 0.191 e. The van der Waals surface area contributed by atoms with E-state index >= 15 is 0 Å². The van der Waals surface area contributed by atoms with E-state index in [4.69, 9.17) is 4.99 Å². The van der Waals surface area contributed by atoms with Crippen molar-refractivity contribution in [3.63, 3.8) is 0 Å². The molecular weight excluding hydrogens is 416 g/mol. The average molecular weight is 449 g/mol. The number of aryl methyl sites for hydroxylation is 1. The molecule has 1 aromatic heterocycles. The maximum absolute atomic E-state index is 11.8. The van der Waals surface area contributed by atoms with E-state index in [1.165, 1.54) is 24.0 Å². The van der Waals surface area contributed by atoms with Crippen molar-refractivity contribution in [3.05, 3.63) is 51.7 Å². The Balaban J connectivity index is 1.69. The van der Waals surface area contributed by atoms with Crippen molar-refractivity contribution in [3.8, 4) is 0 Å². The number of likely N-dealkylation sites (tertiary alicyclic amines) is 1. The first-order valence-electron chi connectivity index (χ1n) is 10.5. The summed E-state index contributed by atoms with van der Waals surface area (Å²) in [5.74, 6) is 0.781. The van der Waals surface area contributed by atoms with Crippen molar-refractivity contribution >= 4 is 27.1 Å². The molecule has 8 heteroatoms. The number of rotatable bonds is 8. The van der Waals surface area contributed by atoms with Crippen LogP contribution in [0.1, 0.15) is 41.8 Å². The Labute approximate surface area is 184 Å². The lowest BCUT2D eigenvalue weighted by Crippen LogP contribution is -2.42. The van der Waals surface area contributed by atoms with Crippen LogP contribution in [0, 0.1) is 6.92 Å². The average Bonchev–Trinajstić information content (AvgIpc) is 3.40. The highest BCUT2D eigenvalue weighted by molar-refractivity contribution is 7.90. The van der Waals surface area contributed by atoms with Crippen LogP contribution in [-0.2, 0) is 16.4 Å². The van der Waals surface area contributed by atoms with Crippen molar-refractivity contribution in [2.45, 2.75) is 44.2 Å². The van der Waals surface area contributed by atoms with Crippen molar-refractivity contribution in [2.75, 3.05) is 32.4 Å². The summed E-state index contributed by atoms with van der Waals surface area (Å²) >= 11 is 1.81. The number of hydrogen-bond donors (Lipinski definition) is 2. The van der Waals surface area contributed by atoms with Gasteiger partial charge in [0.05, 0.1) is 17.5 Å². The van der Waals surface area contributed by atoms with Crippen LogP contribution in [0.15, 0.2) is 45.6 Å². The van der Waals surface area contributed by atoms with Gasteiger partial charge in [-0.2, -0.15) is 0 Å². The van der Waals surface area contributed by atoms with Crippen LogP contribution < -0.4 is 10.6 Å². The molecule has 1 saturated heterocycles. The molecule has 0 amide bonds. The Kier molecular flexibility index (Phi) is 7.91. The summed E-state index contributed by atoms with van der Waals surface area (Å²) in [7, 11) is -3.20. The number of sulfone groups is 1. The maximum atomic E-state index is 11.8. The number of thiophene rings is 1. The van der Waals surface area contributed by atoms with Gasteiger partial charge in [-0.3, -0.25) is 4.90 Å². The third kappa shape index (κ3) is 6.06.